The number of morpholine rings is 1. The monoisotopic (exact) mass is 371 g/mol. The maximum atomic E-state index is 10.4. The second-order valence-corrected chi connectivity index (χ2v) is 7.05. The molecule has 1 aliphatic heterocycles. The topological polar surface area (TPSA) is 51.2 Å². The SMILES string of the molecule is COc1ccccc1COCC(O)CN1CC(C)OC(c2ccccc2)C1. The van der Waals surface area contributed by atoms with Crippen LogP contribution in [0.3, 0.4) is 0 Å². The van der Waals surface area contributed by atoms with Crippen molar-refractivity contribution in [1.82, 2.24) is 4.90 Å². The molecule has 3 atom stereocenters. The maximum Gasteiger partial charge on any atom is 0.124 e. The quantitative estimate of drug-likeness (QED) is 0.773. The fraction of sp³-hybridized carbons (Fsp3) is 0.455. The van der Waals surface area contributed by atoms with Gasteiger partial charge in [-0.25, -0.2) is 0 Å². The molecule has 5 heteroatoms. The standard InChI is InChI=1S/C22H29NO4/c1-17-12-23(14-22(27-17)18-8-4-3-5-9-18)13-20(24)16-26-15-19-10-6-7-11-21(19)25-2/h3-11,17,20,22,24H,12-16H2,1-2H3. The van der Waals surface area contributed by atoms with Gasteiger partial charge < -0.3 is 19.3 Å². The van der Waals surface area contributed by atoms with Gasteiger partial charge in [-0.2, -0.15) is 0 Å². The highest BCUT2D eigenvalue weighted by Crippen LogP contribution is 2.25. The van der Waals surface area contributed by atoms with Crippen LogP contribution < -0.4 is 4.74 Å². The molecule has 0 radical (unpaired) electrons. The molecule has 2 aromatic carbocycles. The van der Waals surface area contributed by atoms with Gasteiger partial charge in [0.1, 0.15) is 5.75 Å². The predicted octanol–water partition coefficient (Wildman–Crippen LogP) is 3.03. The van der Waals surface area contributed by atoms with Gasteiger partial charge in [0, 0.05) is 25.2 Å². The second kappa shape index (κ2) is 9.85. The lowest BCUT2D eigenvalue weighted by Gasteiger charge is -2.37. The molecule has 3 unspecified atom stereocenters. The van der Waals surface area contributed by atoms with Crippen LogP contribution in [0.15, 0.2) is 54.6 Å². The first kappa shape index (κ1) is 19.8. The molecule has 0 amide bonds. The van der Waals surface area contributed by atoms with Crippen molar-refractivity contribution in [3.63, 3.8) is 0 Å². The van der Waals surface area contributed by atoms with E-state index in [-0.39, 0.29) is 12.2 Å². The Labute approximate surface area is 161 Å². The number of aliphatic hydroxyl groups excluding tert-OH is 1. The molecule has 1 fully saturated rings. The number of hydrogen-bond acceptors (Lipinski definition) is 5. The van der Waals surface area contributed by atoms with Crippen LogP contribution >= 0.6 is 0 Å². The van der Waals surface area contributed by atoms with Crippen LogP contribution in [0.2, 0.25) is 0 Å². The van der Waals surface area contributed by atoms with E-state index in [0.717, 1.165) is 24.4 Å². The van der Waals surface area contributed by atoms with Crippen molar-refractivity contribution in [2.45, 2.75) is 31.8 Å². The minimum atomic E-state index is -0.540. The summed E-state index contributed by atoms with van der Waals surface area (Å²) in [6.45, 7) is 4.95. The summed E-state index contributed by atoms with van der Waals surface area (Å²) in [5.41, 5.74) is 2.16. The van der Waals surface area contributed by atoms with Crippen LogP contribution in [0, 0.1) is 0 Å². The third kappa shape index (κ3) is 5.78. The van der Waals surface area contributed by atoms with Gasteiger partial charge in [-0.15, -0.1) is 0 Å². The Hall–Kier alpha value is -1.92. The van der Waals surface area contributed by atoms with E-state index in [1.165, 1.54) is 5.56 Å². The van der Waals surface area contributed by atoms with Crippen molar-refractivity contribution in [2.75, 3.05) is 33.4 Å². The normalized spacial score (nSPS) is 21.7. The number of benzene rings is 2. The van der Waals surface area contributed by atoms with E-state index in [1.807, 2.05) is 42.5 Å². The Morgan fingerprint density at radius 2 is 1.85 bits per heavy atom. The number of hydrogen-bond donors (Lipinski definition) is 1. The van der Waals surface area contributed by atoms with Gasteiger partial charge in [-0.3, -0.25) is 4.90 Å². The van der Waals surface area contributed by atoms with Crippen molar-refractivity contribution in [3.05, 3.63) is 65.7 Å². The highest BCUT2D eigenvalue weighted by atomic mass is 16.5. The zero-order valence-corrected chi connectivity index (χ0v) is 16.1. The first-order valence-corrected chi connectivity index (χ1v) is 9.46. The summed E-state index contributed by atoms with van der Waals surface area (Å²) in [6.07, 6.45) is -0.372. The molecular formula is C22H29NO4. The molecule has 0 saturated carbocycles. The number of ether oxygens (including phenoxy) is 3. The number of para-hydroxylation sites is 1. The fourth-order valence-electron chi connectivity index (χ4n) is 3.52. The van der Waals surface area contributed by atoms with Crippen molar-refractivity contribution in [2.24, 2.45) is 0 Å². The number of aliphatic hydroxyl groups is 1. The molecule has 3 rings (SSSR count). The minimum absolute atomic E-state index is 0.0386. The van der Waals surface area contributed by atoms with E-state index in [4.69, 9.17) is 14.2 Å². The van der Waals surface area contributed by atoms with Gasteiger partial charge in [0.15, 0.2) is 0 Å². The summed E-state index contributed by atoms with van der Waals surface area (Å²) in [7, 11) is 1.65. The van der Waals surface area contributed by atoms with Gasteiger partial charge in [0.2, 0.25) is 0 Å². The molecule has 5 nitrogen and oxygen atoms in total. The van der Waals surface area contributed by atoms with Crippen LogP contribution in [0.5, 0.6) is 5.75 Å². The molecule has 27 heavy (non-hydrogen) atoms. The Balaban J connectivity index is 1.47. The highest BCUT2D eigenvalue weighted by molar-refractivity contribution is 5.32. The lowest BCUT2D eigenvalue weighted by Crippen LogP contribution is -2.46. The van der Waals surface area contributed by atoms with Gasteiger partial charge in [0.25, 0.3) is 0 Å². The number of methoxy groups -OCH3 is 1. The second-order valence-electron chi connectivity index (χ2n) is 7.05. The third-order valence-corrected chi connectivity index (χ3v) is 4.74. The smallest absolute Gasteiger partial charge is 0.124 e. The zero-order chi connectivity index (χ0) is 19.1. The van der Waals surface area contributed by atoms with Gasteiger partial charge in [0.05, 0.1) is 38.6 Å². The van der Waals surface area contributed by atoms with Crippen LogP contribution in [0.4, 0.5) is 0 Å². The zero-order valence-electron chi connectivity index (χ0n) is 16.1. The third-order valence-electron chi connectivity index (χ3n) is 4.74. The molecule has 1 aliphatic rings. The Bertz CT molecular complexity index is 694. The van der Waals surface area contributed by atoms with Crippen LogP contribution in [0.25, 0.3) is 0 Å². The fourth-order valence-corrected chi connectivity index (χ4v) is 3.52. The molecule has 0 aromatic heterocycles. The summed E-state index contributed by atoms with van der Waals surface area (Å²) < 4.78 is 17.1. The molecular weight excluding hydrogens is 342 g/mol. The number of rotatable bonds is 8. The van der Waals surface area contributed by atoms with Crippen molar-refractivity contribution < 1.29 is 19.3 Å². The predicted molar refractivity (Wildman–Crippen MR) is 105 cm³/mol. The summed E-state index contributed by atoms with van der Waals surface area (Å²) in [4.78, 5) is 2.25. The molecule has 1 N–H and O–H groups in total. The van der Waals surface area contributed by atoms with Crippen LogP contribution in [-0.4, -0.2) is 55.6 Å². The van der Waals surface area contributed by atoms with E-state index in [9.17, 15) is 5.11 Å². The van der Waals surface area contributed by atoms with Crippen molar-refractivity contribution in [3.8, 4) is 5.75 Å². The van der Waals surface area contributed by atoms with Crippen LogP contribution in [-0.2, 0) is 16.1 Å². The lowest BCUT2D eigenvalue weighted by molar-refractivity contribution is -0.0919. The van der Waals surface area contributed by atoms with Crippen molar-refractivity contribution >= 4 is 0 Å². The van der Waals surface area contributed by atoms with Crippen LogP contribution in [0.1, 0.15) is 24.2 Å². The molecule has 0 spiro atoms. The molecule has 0 bridgehead atoms. The average Bonchev–Trinajstić information content (AvgIpc) is 2.68. The van der Waals surface area contributed by atoms with E-state index in [0.29, 0.717) is 19.8 Å². The summed E-state index contributed by atoms with van der Waals surface area (Å²) >= 11 is 0. The molecule has 2 aromatic rings. The average molecular weight is 371 g/mol. The van der Waals surface area contributed by atoms with Crippen molar-refractivity contribution in [1.29, 1.82) is 0 Å². The van der Waals surface area contributed by atoms with E-state index >= 15 is 0 Å². The first-order valence-electron chi connectivity index (χ1n) is 9.46. The molecule has 1 heterocycles. The molecule has 0 aliphatic carbocycles. The largest absolute Gasteiger partial charge is 0.496 e. The Morgan fingerprint density at radius 3 is 2.63 bits per heavy atom. The van der Waals surface area contributed by atoms with E-state index in [1.54, 1.807) is 7.11 Å². The van der Waals surface area contributed by atoms with E-state index < -0.39 is 6.10 Å². The minimum Gasteiger partial charge on any atom is -0.496 e. The number of β-amino-alcohol motifs (C(OH)–C–C–N with tert-alkyl or cyclic N) is 1. The first-order chi connectivity index (χ1) is 13.2. The lowest BCUT2D eigenvalue weighted by atomic mass is 10.1. The van der Waals surface area contributed by atoms with Gasteiger partial charge in [-0.1, -0.05) is 48.5 Å². The summed E-state index contributed by atoms with van der Waals surface area (Å²) in [5.74, 6) is 0.805. The highest BCUT2D eigenvalue weighted by Gasteiger charge is 2.27. The number of nitrogens with zero attached hydrogens (tertiary/aromatic N) is 1. The Morgan fingerprint density at radius 1 is 1.11 bits per heavy atom. The molecule has 146 valence electrons. The van der Waals surface area contributed by atoms with Gasteiger partial charge in [-0.05, 0) is 18.6 Å². The van der Waals surface area contributed by atoms with E-state index in [2.05, 4.69) is 24.0 Å². The summed E-state index contributed by atoms with van der Waals surface area (Å²) in [5, 5.41) is 10.4. The van der Waals surface area contributed by atoms with Gasteiger partial charge >= 0.3 is 0 Å². The Kier molecular flexibility index (Phi) is 7.24. The summed E-state index contributed by atoms with van der Waals surface area (Å²) in [6, 6.07) is 18.0. The molecule has 1 saturated heterocycles. The maximum absolute atomic E-state index is 10.4.